The summed E-state index contributed by atoms with van der Waals surface area (Å²) < 4.78 is 7.46. The zero-order chi connectivity index (χ0) is 15.6. The van der Waals surface area contributed by atoms with Gasteiger partial charge in [-0.2, -0.15) is 0 Å². The SMILES string of the molecule is C[N+](C)(C)C1C[C@@H](c2ccccc2)O[C@@H](c2ccccc2)C1. The molecule has 0 amide bonds. The number of hydrogen-bond acceptors (Lipinski definition) is 1. The van der Waals surface area contributed by atoms with Crippen LogP contribution >= 0.6 is 0 Å². The summed E-state index contributed by atoms with van der Waals surface area (Å²) in [5.41, 5.74) is 2.59. The molecule has 1 saturated heterocycles. The highest BCUT2D eigenvalue weighted by Crippen LogP contribution is 2.41. The Kier molecular flexibility index (Phi) is 4.32. The van der Waals surface area contributed by atoms with Crippen LogP contribution in [-0.4, -0.2) is 31.7 Å². The van der Waals surface area contributed by atoms with Crippen LogP contribution in [-0.2, 0) is 4.74 Å². The molecule has 0 bridgehead atoms. The van der Waals surface area contributed by atoms with Crippen molar-refractivity contribution in [2.75, 3.05) is 21.1 Å². The summed E-state index contributed by atoms with van der Waals surface area (Å²) in [6.45, 7) is 0. The number of hydrogen-bond donors (Lipinski definition) is 0. The van der Waals surface area contributed by atoms with E-state index in [0.717, 1.165) is 17.3 Å². The Morgan fingerprint density at radius 2 is 1.14 bits per heavy atom. The monoisotopic (exact) mass is 296 g/mol. The lowest BCUT2D eigenvalue weighted by molar-refractivity contribution is -0.899. The van der Waals surface area contributed by atoms with Gasteiger partial charge in [0.05, 0.1) is 39.4 Å². The molecule has 1 unspecified atom stereocenters. The fourth-order valence-electron chi connectivity index (χ4n) is 3.30. The van der Waals surface area contributed by atoms with Gasteiger partial charge in [0.2, 0.25) is 0 Å². The maximum atomic E-state index is 6.47. The first-order valence-corrected chi connectivity index (χ1v) is 8.10. The maximum Gasteiger partial charge on any atom is 0.0941 e. The lowest BCUT2D eigenvalue weighted by atomic mass is 9.90. The topological polar surface area (TPSA) is 9.23 Å². The van der Waals surface area contributed by atoms with E-state index in [-0.39, 0.29) is 12.2 Å². The Morgan fingerprint density at radius 3 is 1.50 bits per heavy atom. The van der Waals surface area contributed by atoms with Crippen molar-refractivity contribution in [3.8, 4) is 0 Å². The van der Waals surface area contributed by atoms with Gasteiger partial charge in [-0.15, -0.1) is 0 Å². The summed E-state index contributed by atoms with van der Waals surface area (Å²) >= 11 is 0. The highest BCUT2D eigenvalue weighted by molar-refractivity contribution is 5.21. The second-order valence-electron chi connectivity index (χ2n) is 7.18. The van der Waals surface area contributed by atoms with Gasteiger partial charge in [0, 0.05) is 12.8 Å². The second kappa shape index (κ2) is 6.23. The summed E-state index contributed by atoms with van der Waals surface area (Å²) in [5.74, 6) is 0. The van der Waals surface area contributed by atoms with Crippen molar-refractivity contribution in [1.82, 2.24) is 0 Å². The average Bonchev–Trinajstić information content (AvgIpc) is 2.55. The highest BCUT2D eigenvalue weighted by Gasteiger charge is 2.37. The van der Waals surface area contributed by atoms with Crippen molar-refractivity contribution in [1.29, 1.82) is 0 Å². The van der Waals surface area contributed by atoms with Crippen LogP contribution in [0, 0.1) is 0 Å². The van der Waals surface area contributed by atoms with Crippen LogP contribution in [0.2, 0.25) is 0 Å². The summed E-state index contributed by atoms with van der Waals surface area (Å²) in [6, 6.07) is 21.9. The minimum absolute atomic E-state index is 0.183. The lowest BCUT2D eigenvalue weighted by Crippen LogP contribution is -2.48. The summed E-state index contributed by atoms with van der Waals surface area (Å²) in [4.78, 5) is 0. The van der Waals surface area contributed by atoms with Crippen molar-refractivity contribution >= 4 is 0 Å². The van der Waals surface area contributed by atoms with E-state index in [1.165, 1.54) is 11.1 Å². The van der Waals surface area contributed by atoms with Gasteiger partial charge < -0.3 is 9.22 Å². The Balaban J connectivity index is 1.89. The molecular formula is C20H26NO+. The molecule has 2 aromatic rings. The summed E-state index contributed by atoms with van der Waals surface area (Å²) in [6.07, 6.45) is 2.53. The van der Waals surface area contributed by atoms with E-state index in [9.17, 15) is 0 Å². The van der Waals surface area contributed by atoms with Crippen LogP contribution < -0.4 is 0 Å². The Bertz CT molecular complexity index is 541. The van der Waals surface area contributed by atoms with Gasteiger partial charge in [-0.05, 0) is 11.1 Å². The summed E-state index contributed by atoms with van der Waals surface area (Å²) in [5, 5.41) is 0. The predicted molar refractivity (Wildman–Crippen MR) is 90.5 cm³/mol. The Hall–Kier alpha value is -1.64. The number of benzene rings is 2. The molecule has 116 valence electrons. The van der Waals surface area contributed by atoms with E-state index in [1.54, 1.807) is 0 Å². The van der Waals surface area contributed by atoms with E-state index in [4.69, 9.17) is 4.74 Å². The fourth-order valence-corrected chi connectivity index (χ4v) is 3.30. The van der Waals surface area contributed by atoms with Crippen molar-refractivity contribution < 1.29 is 9.22 Å². The van der Waals surface area contributed by atoms with Crippen LogP contribution in [0.15, 0.2) is 60.7 Å². The average molecular weight is 296 g/mol. The van der Waals surface area contributed by atoms with E-state index in [1.807, 2.05) is 0 Å². The van der Waals surface area contributed by atoms with Crippen LogP contribution in [0.5, 0.6) is 0 Å². The molecule has 1 fully saturated rings. The molecule has 1 heterocycles. The first-order valence-electron chi connectivity index (χ1n) is 8.10. The van der Waals surface area contributed by atoms with E-state index < -0.39 is 0 Å². The third kappa shape index (κ3) is 3.40. The molecule has 0 spiro atoms. The van der Waals surface area contributed by atoms with Crippen LogP contribution in [0.4, 0.5) is 0 Å². The van der Waals surface area contributed by atoms with Crippen molar-refractivity contribution in [3.63, 3.8) is 0 Å². The minimum Gasteiger partial charge on any atom is -0.365 e. The third-order valence-corrected chi connectivity index (χ3v) is 4.74. The molecule has 0 aromatic heterocycles. The van der Waals surface area contributed by atoms with Crippen molar-refractivity contribution in [2.45, 2.75) is 31.1 Å². The van der Waals surface area contributed by atoms with Crippen molar-refractivity contribution in [3.05, 3.63) is 71.8 Å². The Labute approximate surface area is 133 Å². The molecule has 1 aliphatic rings. The maximum absolute atomic E-state index is 6.47. The summed E-state index contributed by atoms with van der Waals surface area (Å²) in [7, 11) is 6.88. The number of rotatable bonds is 3. The Morgan fingerprint density at radius 1 is 0.727 bits per heavy atom. The number of nitrogens with zero attached hydrogens (tertiary/aromatic N) is 1. The van der Waals surface area contributed by atoms with Gasteiger partial charge in [-0.3, -0.25) is 0 Å². The molecule has 0 N–H and O–H groups in total. The molecule has 3 atom stereocenters. The van der Waals surface area contributed by atoms with Crippen LogP contribution in [0.25, 0.3) is 0 Å². The molecule has 3 rings (SSSR count). The molecule has 2 heteroatoms. The first kappa shape index (κ1) is 15.3. The van der Waals surface area contributed by atoms with E-state index in [2.05, 4.69) is 81.8 Å². The molecule has 1 aliphatic heterocycles. The standard InChI is InChI=1S/C20H26NO/c1-21(2,3)18-14-19(16-10-6-4-7-11-16)22-20(15-18)17-12-8-5-9-13-17/h4-13,18-20H,14-15H2,1-3H3/q+1/t18?,19-,20+. The molecule has 0 radical (unpaired) electrons. The van der Waals surface area contributed by atoms with Gasteiger partial charge in [0.1, 0.15) is 0 Å². The molecular weight excluding hydrogens is 270 g/mol. The van der Waals surface area contributed by atoms with Crippen LogP contribution in [0.1, 0.15) is 36.2 Å². The zero-order valence-corrected chi connectivity index (χ0v) is 13.8. The van der Waals surface area contributed by atoms with Gasteiger partial charge in [-0.25, -0.2) is 0 Å². The largest absolute Gasteiger partial charge is 0.365 e. The second-order valence-corrected chi connectivity index (χ2v) is 7.18. The highest BCUT2D eigenvalue weighted by atomic mass is 16.5. The normalized spacial score (nSPS) is 25.9. The number of ether oxygens (including phenoxy) is 1. The first-order chi connectivity index (χ1) is 10.5. The molecule has 22 heavy (non-hydrogen) atoms. The van der Waals surface area contributed by atoms with Gasteiger partial charge >= 0.3 is 0 Å². The number of quaternary nitrogens is 1. The van der Waals surface area contributed by atoms with Crippen LogP contribution in [0.3, 0.4) is 0 Å². The van der Waals surface area contributed by atoms with Crippen molar-refractivity contribution in [2.24, 2.45) is 0 Å². The third-order valence-electron chi connectivity index (χ3n) is 4.74. The quantitative estimate of drug-likeness (QED) is 0.765. The fraction of sp³-hybridized carbons (Fsp3) is 0.400. The van der Waals surface area contributed by atoms with E-state index in [0.29, 0.717) is 6.04 Å². The predicted octanol–water partition coefficient (Wildman–Crippen LogP) is 4.35. The molecule has 0 aliphatic carbocycles. The minimum atomic E-state index is 0.183. The van der Waals surface area contributed by atoms with Gasteiger partial charge in [-0.1, -0.05) is 60.7 Å². The lowest BCUT2D eigenvalue weighted by Gasteiger charge is -2.42. The molecule has 2 aromatic carbocycles. The van der Waals surface area contributed by atoms with Gasteiger partial charge in [0.15, 0.2) is 0 Å². The zero-order valence-electron chi connectivity index (χ0n) is 13.8. The smallest absolute Gasteiger partial charge is 0.0941 e. The molecule has 0 saturated carbocycles. The van der Waals surface area contributed by atoms with E-state index >= 15 is 0 Å². The van der Waals surface area contributed by atoms with Gasteiger partial charge in [0.25, 0.3) is 0 Å². The molecule has 2 nitrogen and oxygen atoms in total.